The minimum Gasteiger partial charge on any atom is -0.497 e. The van der Waals surface area contributed by atoms with Gasteiger partial charge in [0, 0.05) is 22.6 Å². The molecule has 0 fully saturated rings. The molecule has 0 saturated heterocycles. The first-order chi connectivity index (χ1) is 12.1. The average molecular weight is 419 g/mol. The number of benzene rings is 2. The fraction of sp³-hybridized carbons (Fsp3) is 0.211. The predicted octanol–water partition coefficient (Wildman–Crippen LogP) is 5.26. The highest BCUT2D eigenvalue weighted by atomic mass is 79.9. The average Bonchev–Trinajstić information content (AvgIpc) is 3.02. The molecule has 3 aromatic rings. The van der Waals surface area contributed by atoms with Crippen LogP contribution in [0.2, 0.25) is 0 Å². The third-order valence-corrected chi connectivity index (χ3v) is 5.72. The van der Waals surface area contributed by atoms with Crippen molar-refractivity contribution in [1.29, 1.82) is 0 Å². The van der Waals surface area contributed by atoms with E-state index >= 15 is 0 Å². The van der Waals surface area contributed by atoms with Crippen LogP contribution in [0.3, 0.4) is 0 Å². The van der Waals surface area contributed by atoms with E-state index < -0.39 is 0 Å². The summed E-state index contributed by atoms with van der Waals surface area (Å²) < 4.78 is 13.8. The zero-order chi connectivity index (χ0) is 18.0. The second kappa shape index (κ2) is 7.54. The Morgan fingerprint density at radius 2 is 1.76 bits per heavy atom. The van der Waals surface area contributed by atoms with Gasteiger partial charge in [-0.05, 0) is 58.6 Å². The van der Waals surface area contributed by atoms with Crippen LogP contribution < -0.4 is 9.47 Å². The van der Waals surface area contributed by atoms with Gasteiger partial charge < -0.3 is 14.0 Å². The van der Waals surface area contributed by atoms with E-state index in [2.05, 4.69) is 27.0 Å². The molecule has 0 unspecified atom stereocenters. The molecular weight excluding hydrogens is 400 g/mol. The Hall–Kier alpha value is -1.92. The smallest absolute Gasteiger partial charge is 0.134 e. The van der Waals surface area contributed by atoms with E-state index in [9.17, 15) is 0 Å². The summed E-state index contributed by atoms with van der Waals surface area (Å²) in [6.07, 6.45) is 3.86. The van der Waals surface area contributed by atoms with Gasteiger partial charge in [0.2, 0.25) is 0 Å². The Morgan fingerprint density at radius 3 is 2.36 bits per heavy atom. The van der Waals surface area contributed by atoms with Crippen molar-refractivity contribution in [2.75, 3.05) is 20.5 Å². The number of nitrogens with zero attached hydrogens (tertiary/aromatic N) is 2. The molecule has 0 aliphatic carbocycles. The van der Waals surface area contributed by atoms with Crippen molar-refractivity contribution in [2.45, 2.75) is 4.90 Å². The van der Waals surface area contributed by atoms with E-state index in [0.29, 0.717) is 0 Å². The molecule has 0 amide bonds. The Morgan fingerprint density at radius 1 is 1.04 bits per heavy atom. The Bertz CT molecular complexity index is 891. The molecule has 0 atom stereocenters. The first-order valence-electron chi connectivity index (χ1n) is 7.66. The largest absolute Gasteiger partial charge is 0.497 e. The fourth-order valence-electron chi connectivity index (χ4n) is 2.79. The van der Waals surface area contributed by atoms with Crippen LogP contribution in [-0.4, -0.2) is 30.0 Å². The molecule has 3 rings (SSSR count). The van der Waals surface area contributed by atoms with Crippen LogP contribution >= 0.6 is 27.7 Å². The quantitative estimate of drug-likeness (QED) is 0.529. The van der Waals surface area contributed by atoms with Crippen molar-refractivity contribution >= 4 is 27.7 Å². The van der Waals surface area contributed by atoms with Gasteiger partial charge in [0.1, 0.15) is 11.5 Å². The monoisotopic (exact) mass is 418 g/mol. The summed E-state index contributed by atoms with van der Waals surface area (Å²) in [5.41, 5.74) is 4.06. The molecule has 0 saturated carbocycles. The topological polar surface area (TPSA) is 36.3 Å². The van der Waals surface area contributed by atoms with E-state index in [1.807, 2.05) is 54.5 Å². The van der Waals surface area contributed by atoms with Gasteiger partial charge in [0.25, 0.3) is 0 Å². The number of hydrogen-bond acceptors (Lipinski definition) is 4. The number of thioether (sulfide) groups is 1. The molecule has 0 radical (unpaired) electrons. The molecule has 0 bridgehead atoms. The number of imidazole rings is 1. The number of hydrogen-bond donors (Lipinski definition) is 0. The van der Waals surface area contributed by atoms with Crippen molar-refractivity contribution < 1.29 is 9.47 Å². The van der Waals surface area contributed by atoms with Crippen LogP contribution in [0.15, 0.2) is 52.1 Å². The summed E-state index contributed by atoms with van der Waals surface area (Å²) in [6, 6.07) is 12.1. The summed E-state index contributed by atoms with van der Waals surface area (Å²) in [4.78, 5) is 5.70. The third kappa shape index (κ3) is 3.41. The third-order valence-electron chi connectivity index (χ3n) is 4.01. The Balaban J connectivity index is 2.14. The molecule has 1 heterocycles. The number of aromatic nitrogens is 2. The number of methoxy groups -OCH3 is 2. The minimum atomic E-state index is 0.834. The van der Waals surface area contributed by atoms with Gasteiger partial charge in [0.15, 0.2) is 0 Å². The van der Waals surface area contributed by atoms with Gasteiger partial charge in [-0.2, -0.15) is 0 Å². The second-order valence-corrected chi connectivity index (χ2v) is 7.15. The molecular formula is C19H19BrN2O2S. The minimum absolute atomic E-state index is 0.834. The summed E-state index contributed by atoms with van der Waals surface area (Å²) >= 11 is 5.30. The first kappa shape index (κ1) is 17.9. The SMILES string of the molecule is COc1ccc(-c2c(-c3cc(Br)c(SC)c(OC)c3)ncn2C)cc1. The van der Waals surface area contributed by atoms with Crippen LogP contribution in [0.5, 0.6) is 11.5 Å². The van der Waals surface area contributed by atoms with Gasteiger partial charge in [-0.3, -0.25) is 0 Å². The lowest BCUT2D eigenvalue weighted by Gasteiger charge is -2.12. The van der Waals surface area contributed by atoms with E-state index in [1.54, 1.807) is 26.0 Å². The number of ether oxygens (including phenoxy) is 2. The van der Waals surface area contributed by atoms with Gasteiger partial charge >= 0.3 is 0 Å². The highest BCUT2D eigenvalue weighted by molar-refractivity contribution is 9.10. The standard InChI is InChI=1S/C19H19BrN2O2S/c1-22-11-21-17(18(22)12-5-7-14(23-2)8-6-12)13-9-15(20)19(25-4)16(10-13)24-3/h5-11H,1-4H3. The van der Waals surface area contributed by atoms with Gasteiger partial charge in [-0.25, -0.2) is 4.98 Å². The lowest BCUT2D eigenvalue weighted by atomic mass is 10.0. The highest BCUT2D eigenvalue weighted by Gasteiger charge is 2.17. The molecule has 0 N–H and O–H groups in total. The number of aryl methyl sites for hydroxylation is 1. The first-order valence-corrected chi connectivity index (χ1v) is 9.68. The van der Waals surface area contributed by atoms with Crippen LogP contribution in [-0.2, 0) is 7.05 Å². The fourth-order valence-corrected chi connectivity index (χ4v) is 4.31. The van der Waals surface area contributed by atoms with E-state index in [0.717, 1.165) is 43.4 Å². The molecule has 0 spiro atoms. The molecule has 0 aliphatic heterocycles. The highest BCUT2D eigenvalue weighted by Crippen LogP contribution is 2.40. The molecule has 25 heavy (non-hydrogen) atoms. The molecule has 2 aromatic carbocycles. The second-order valence-electron chi connectivity index (χ2n) is 5.47. The van der Waals surface area contributed by atoms with Crippen molar-refractivity contribution in [3.8, 4) is 34.0 Å². The van der Waals surface area contributed by atoms with Gasteiger partial charge in [0.05, 0.1) is 36.8 Å². The Labute approximate surface area is 160 Å². The van der Waals surface area contributed by atoms with E-state index in [4.69, 9.17) is 9.47 Å². The van der Waals surface area contributed by atoms with Crippen molar-refractivity contribution in [1.82, 2.24) is 9.55 Å². The molecule has 4 nitrogen and oxygen atoms in total. The normalized spacial score (nSPS) is 10.8. The van der Waals surface area contributed by atoms with Gasteiger partial charge in [-0.15, -0.1) is 11.8 Å². The van der Waals surface area contributed by atoms with Crippen molar-refractivity contribution in [2.24, 2.45) is 7.05 Å². The molecule has 0 aliphatic rings. The summed E-state index contributed by atoms with van der Waals surface area (Å²) in [7, 11) is 5.36. The zero-order valence-corrected chi connectivity index (χ0v) is 16.9. The predicted molar refractivity (Wildman–Crippen MR) is 107 cm³/mol. The molecule has 6 heteroatoms. The summed E-state index contributed by atoms with van der Waals surface area (Å²) in [5, 5.41) is 0. The summed E-state index contributed by atoms with van der Waals surface area (Å²) in [6.45, 7) is 0. The van der Waals surface area contributed by atoms with E-state index in [-0.39, 0.29) is 0 Å². The maximum absolute atomic E-state index is 5.56. The van der Waals surface area contributed by atoms with Crippen LogP contribution in [0.1, 0.15) is 0 Å². The maximum atomic E-state index is 5.56. The Kier molecular flexibility index (Phi) is 5.39. The molecule has 130 valence electrons. The number of halogens is 1. The van der Waals surface area contributed by atoms with Crippen molar-refractivity contribution in [3.63, 3.8) is 0 Å². The maximum Gasteiger partial charge on any atom is 0.134 e. The lowest BCUT2D eigenvalue weighted by Crippen LogP contribution is -1.94. The van der Waals surface area contributed by atoms with Crippen LogP contribution in [0, 0.1) is 0 Å². The van der Waals surface area contributed by atoms with Crippen molar-refractivity contribution in [3.05, 3.63) is 47.2 Å². The lowest BCUT2D eigenvalue weighted by molar-refractivity contribution is 0.404. The molecule has 1 aromatic heterocycles. The number of rotatable bonds is 5. The summed E-state index contributed by atoms with van der Waals surface area (Å²) in [5.74, 6) is 1.67. The van der Waals surface area contributed by atoms with Gasteiger partial charge in [-0.1, -0.05) is 0 Å². The van der Waals surface area contributed by atoms with Crippen LogP contribution in [0.25, 0.3) is 22.5 Å². The van der Waals surface area contributed by atoms with E-state index in [1.165, 1.54) is 0 Å². The van der Waals surface area contributed by atoms with Crippen LogP contribution in [0.4, 0.5) is 0 Å². The zero-order valence-electron chi connectivity index (χ0n) is 14.5.